The van der Waals surface area contributed by atoms with E-state index in [-0.39, 0.29) is 0 Å². The van der Waals surface area contributed by atoms with Crippen LogP contribution in [0.25, 0.3) is 0 Å². The SMILES string of the molecule is CCNCc1ccc(CN2CCSCC2)cc1. The first kappa shape index (κ1) is 12.9. The van der Waals surface area contributed by atoms with E-state index in [0.717, 1.165) is 19.6 Å². The van der Waals surface area contributed by atoms with Gasteiger partial charge >= 0.3 is 0 Å². The topological polar surface area (TPSA) is 15.3 Å². The van der Waals surface area contributed by atoms with Crippen LogP contribution in [0.5, 0.6) is 0 Å². The maximum atomic E-state index is 3.35. The van der Waals surface area contributed by atoms with E-state index in [1.807, 2.05) is 0 Å². The van der Waals surface area contributed by atoms with Crippen LogP contribution in [0, 0.1) is 0 Å². The third-order valence-corrected chi connectivity index (χ3v) is 4.05. The summed E-state index contributed by atoms with van der Waals surface area (Å²) in [7, 11) is 0. The minimum atomic E-state index is 0.983. The summed E-state index contributed by atoms with van der Waals surface area (Å²) in [6.45, 7) is 7.75. The average Bonchev–Trinajstić information content (AvgIpc) is 2.39. The van der Waals surface area contributed by atoms with Crippen LogP contribution in [0.3, 0.4) is 0 Å². The number of benzene rings is 1. The molecule has 1 fully saturated rings. The molecule has 0 aliphatic carbocycles. The molecule has 1 aromatic rings. The quantitative estimate of drug-likeness (QED) is 0.863. The van der Waals surface area contributed by atoms with Crippen LogP contribution in [0.2, 0.25) is 0 Å². The Morgan fingerprint density at radius 2 is 1.76 bits per heavy atom. The second-order valence-electron chi connectivity index (χ2n) is 4.49. The Morgan fingerprint density at radius 3 is 2.41 bits per heavy atom. The number of nitrogens with one attached hydrogen (secondary N) is 1. The van der Waals surface area contributed by atoms with Crippen LogP contribution in [0.1, 0.15) is 18.1 Å². The van der Waals surface area contributed by atoms with Crippen LogP contribution >= 0.6 is 11.8 Å². The molecule has 0 aromatic heterocycles. The molecule has 0 unspecified atom stereocenters. The van der Waals surface area contributed by atoms with Gasteiger partial charge in [0.05, 0.1) is 0 Å². The molecule has 0 radical (unpaired) electrons. The smallest absolute Gasteiger partial charge is 0.0234 e. The highest BCUT2D eigenvalue weighted by Gasteiger charge is 2.10. The van der Waals surface area contributed by atoms with Gasteiger partial charge in [0.25, 0.3) is 0 Å². The molecule has 1 aromatic carbocycles. The minimum Gasteiger partial charge on any atom is -0.313 e. The standard InChI is InChI=1S/C14H22N2S/c1-2-15-11-13-3-5-14(6-4-13)12-16-7-9-17-10-8-16/h3-6,15H,2,7-12H2,1H3. The molecule has 0 saturated carbocycles. The summed E-state index contributed by atoms with van der Waals surface area (Å²) in [6, 6.07) is 9.04. The lowest BCUT2D eigenvalue weighted by Gasteiger charge is -2.26. The first-order valence-electron chi connectivity index (χ1n) is 6.47. The molecule has 1 heterocycles. The van der Waals surface area contributed by atoms with Gasteiger partial charge in [-0.3, -0.25) is 4.90 Å². The number of thioether (sulfide) groups is 1. The largest absolute Gasteiger partial charge is 0.313 e. The third kappa shape index (κ3) is 4.34. The lowest BCUT2D eigenvalue weighted by Crippen LogP contribution is -2.31. The van der Waals surface area contributed by atoms with Crippen molar-refractivity contribution in [2.45, 2.75) is 20.0 Å². The minimum absolute atomic E-state index is 0.983. The fraction of sp³-hybridized carbons (Fsp3) is 0.571. The van der Waals surface area contributed by atoms with E-state index in [2.05, 4.69) is 53.2 Å². The Labute approximate surface area is 109 Å². The zero-order valence-electron chi connectivity index (χ0n) is 10.6. The molecule has 0 bridgehead atoms. The molecular weight excluding hydrogens is 228 g/mol. The molecule has 17 heavy (non-hydrogen) atoms. The zero-order chi connectivity index (χ0) is 11.9. The molecule has 2 rings (SSSR count). The van der Waals surface area contributed by atoms with Gasteiger partial charge in [0, 0.05) is 37.7 Å². The van der Waals surface area contributed by atoms with Crippen molar-refractivity contribution in [2.24, 2.45) is 0 Å². The molecular formula is C14H22N2S. The number of nitrogens with zero attached hydrogens (tertiary/aromatic N) is 1. The highest BCUT2D eigenvalue weighted by molar-refractivity contribution is 7.99. The monoisotopic (exact) mass is 250 g/mol. The van der Waals surface area contributed by atoms with E-state index in [0.29, 0.717) is 0 Å². The molecule has 0 amide bonds. The van der Waals surface area contributed by atoms with E-state index >= 15 is 0 Å². The van der Waals surface area contributed by atoms with Crippen molar-refractivity contribution in [2.75, 3.05) is 31.1 Å². The Hall–Kier alpha value is -0.510. The molecule has 3 heteroatoms. The van der Waals surface area contributed by atoms with E-state index in [1.54, 1.807) is 0 Å². The average molecular weight is 250 g/mol. The van der Waals surface area contributed by atoms with Gasteiger partial charge in [-0.1, -0.05) is 31.2 Å². The number of hydrogen-bond donors (Lipinski definition) is 1. The predicted octanol–water partition coefficient (Wildman–Crippen LogP) is 2.34. The van der Waals surface area contributed by atoms with E-state index in [1.165, 1.54) is 35.7 Å². The Morgan fingerprint density at radius 1 is 1.12 bits per heavy atom. The van der Waals surface area contributed by atoms with Crippen LogP contribution < -0.4 is 5.32 Å². The summed E-state index contributed by atoms with van der Waals surface area (Å²) in [5.41, 5.74) is 2.82. The molecule has 1 N–H and O–H groups in total. The second kappa shape index (κ2) is 7.04. The van der Waals surface area contributed by atoms with Gasteiger partial charge in [-0.05, 0) is 17.7 Å². The second-order valence-corrected chi connectivity index (χ2v) is 5.71. The summed E-state index contributed by atoms with van der Waals surface area (Å²) in [5, 5.41) is 3.35. The van der Waals surface area contributed by atoms with Gasteiger partial charge in [0.15, 0.2) is 0 Å². The normalized spacial score (nSPS) is 17.2. The molecule has 0 atom stereocenters. The fourth-order valence-electron chi connectivity index (χ4n) is 2.05. The van der Waals surface area contributed by atoms with Crippen molar-refractivity contribution in [1.29, 1.82) is 0 Å². The summed E-state index contributed by atoms with van der Waals surface area (Å²) >= 11 is 2.07. The van der Waals surface area contributed by atoms with Crippen molar-refractivity contribution in [3.63, 3.8) is 0 Å². The van der Waals surface area contributed by atoms with Crippen LogP contribution in [-0.4, -0.2) is 36.0 Å². The van der Waals surface area contributed by atoms with E-state index in [4.69, 9.17) is 0 Å². The Balaban J connectivity index is 1.84. The van der Waals surface area contributed by atoms with Crippen molar-refractivity contribution in [1.82, 2.24) is 10.2 Å². The lowest BCUT2D eigenvalue weighted by molar-refractivity contribution is 0.294. The Bertz CT molecular complexity index is 317. The van der Waals surface area contributed by atoms with Crippen molar-refractivity contribution in [3.8, 4) is 0 Å². The van der Waals surface area contributed by atoms with Gasteiger partial charge in [-0.2, -0.15) is 11.8 Å². The van der Waals surface area contributed by atoms with Gasteiger partial charge < -0.3 is 5.32 Å². The van der Waals surface area contributed by atoms with Gasteiger partial charge in [0.2, 0.25) is 0 Å². The van der Waals surface area contributed by atoms with Gasteiger partial charge in [-0.25, -0.2) is 0 Å². The summed E-state index contributed by atoms with van der Waals surface area (Å²) < 4.78 is 0. The van der Waals surface area contributed by atoms with Crippen LogP contribution in [0.15, 0.2) is 24.3 Å². The zero-order valence-corrected chi connectivity index (χ0v) is 11.4. The van der Waals surface area contributed by atoms with Gasteiger partial charge in [-0.15, -0.1) is 0 Å². The highest BCUT2D eigenvalue weighted by atomic mass is 32.2. The summed E-state index contributed by atoms with van der Waals surface area (Å²) in [4.78, 5) is 2.55. The highest BCUT2D eigenvalue weighted by Crippen LogP contribution is 2.13. The summed E-state index contributed by atoms with van der Waals surface area (Å²) in [5.74, 6) is 2.58. The van der Waals surface area contributed by atoms with Gasteiger partial charge in [0.1, 0.15) is 0 Å². The first-order valence-corrected chi connectivity index (χ1v) is 7.62. The van der Waals surface area contributed by atoms with Crippen LogP contribution in [0.4, 0.5) is 0 Å². The molecule has 2 nitrogen and oxygen atoms in total. The van der Waals surface area contributed by atoms with E-state index < -0.39 is 0 Å². The molecule has 1 aliphatic heterocycles. The van der Waals surface area contributed by atoms with Crippen molar-refractivity contribution in [3.05, 3.63) is 35.4 Å². The van der Waals surface area contributed by atoms with Crippen LogP contribution in [-0.2, 0) is 13.1 Å². The lowest BCUT2D eigenvalue weighted by atomic mass is 10.1. The van der Waals surface area contributed by atoms with E-state index in [9.17, 15) is 0 Å². The molecule has 0 spiro atoms. The fourth-order valence-corrected chi connectivity index (χ4v) is 3.03. The number of rotatable bonds is 5. The summed E-state index contributed by atoms with van der Waals surface area (Å²) in [6.07, 6.45) is 0. The molecule has 1 saturated heterocycles. The number of hydrogen-bond acceptors (Lipinski definition) is 3. The maximum Gasteiger partial charge on any atom is 0.0234 e. The third-order valence-electron chi connectivity index (χ3n) is 3.11. The Kier molecular flexibility index (Phi) is 5.36. The maximum absolute atomic E-state index is 3.35. The van der Waals surface area contributed by atoms with Crippen molar-refractivity contribution >= 4 is 11.8 Å². The molecule has 94 valence electrons. The first-order chi connectivity index (χ1) is 8.38. The molecule has 1 aliphatic rings. The van der Waals surface area contributed by atoms with Crippen molar-refractivity contribution < 1.29 is 0 Å². The predicted molar refractivity (Wildman–Crippen MR) is 76.4 cm³/mol.